The molecule has 2 aliphatic rings. The summed E-state index contributed by atoms with van der Waals surface area (Å²) in [6.45, 7) is 8.73. The third kappa shape index (κ3) is 3.65. The molecule has 0 aliphatic carbocycles. The lowest BCUT2D eigenvalue weighted by atomic mass is 10.1. The first-order valence-corrected chi connectivity index (χ1v) is 10.6. The van der Waals surface area contributed by atoms with Crippen LogP contribution in [0.3, 0.4) is 0 Å². The fraction of sp³-hybridized carbons (Fsp3) is 0.409. The predicted molar refractivity (Wildman–Crippen MR) is 118 cm³/mol. The van der Waals surface area contributed by atoms with Gasteiger partial charge in [0.25, 0.3) is 5.91 Å². The summed E-state index contributed by atoms with van der Waals surface area (Å²) in [5, 5.41) is 5.08. The van der Waals surface area contributed by atoms with Gasteiger partial charge in [-0.15, -0.1) is 9.78 Å². The molecule has 1 aromatic heterocycles. The molecule has 1 aromatic carbocycles. The van der Waals surface area contributed by atoms with Gasteiger partial charge in [-0.3, -0.25) is 14.6 Å². The zero-order valence-corrected chi connectivity index (χ0v) is 19.1. The molecule has 9 heteroatoms. The number of rotatable bonds is 4. The molecule has 2 aliphatic heterocycles. The van der Waals surface area contributed by atoms with E-state index in [-0.39, 0.29) is 18.4 Å². The van der Waals surface area contributed by atoms with Crippen LogP contribution in [0.1, 0.15) is 30.8 Å². The molecule has 0 spiro atoms. The third-order valence-electron chi connectivity index (χ3n) is 5.44. The van der Waals surface area contributed by atoms with Crippen LogP contribution in [0.2, 0.25) is 5.02 Å². The Hall–Kier alpha value is -3.00. The van der Waals surface area contributed by atoms with E-state index >= 15 is 0 Å². The monoisotopic (exact) mass is 441 g/mol. The minimum atomic E-state index is -0.688. The van der Waals surface area contributed by atoms with Crippen molar-refractivity contribution in [2.45, 2.75) is 40.3 Å². The van der Waals surface area contributed by atoms with Crippen LogP contribution < -0.4 is 0 Å². The van der Waals surface area contributed by atoms with Crippen molar-refractivity contribution in [1.29, 1.82) is 0 Å². The summed E-state index contributed by atoms with van der Waals surface area (Å²) in [4.78, 5) is 34.1. The highest BCUT2D eigenvalue weighted by Crippen LogP contribution is 2.25. The first-order valence-electron chi connectivity index (χ1n) is 10.3. The highest BCUT2D eigenvalue weighted by atomic mass is 35.5. The number of halogens is 1. The number of imide groups is 1. The van der Waals surface area contributed by atoms with Gasteiger partial charge in [0.2, 0.25) is 11.9 Å². The van der Waals surface area contributed by atoms with Crippen LogP contribution in [-0.4, -0.2) is 67.5 Å². The van der Waals surface area contributed by atoms with Gasteiger partial charge in [-0.1, -0.05) is 48.6 Å². The number of carbonyl (C=O) groups excluding carboxylic acids is 2. The van der Waals surface area contributed by atoms with Crippen LogP contribution in [0.15, 0.2) is 35.3 Å². The Morgan fingerprint density at radius 2 is 1.90 bits per heavy atom. The molecule has 31 heavy (non-hydrogen) atoms. The van der Waals surface area contributed by atoms with Crippen LogP contribution in [0.25, 0.3) is 0 Å². The number of carbonyl (C=O) groups is 2. The Morgan fingerprint density at radius 1 is 1.19 bits per heavy atom. The Labute approximate surface area is 186 Å². The number of likely N-dealkylation sites (N-methyl/N-ethyl adjacent to an activating group) is 1. The lowest BCUT2D eigenvalue weighted by molar-refractivity contribution is -0.543. The number of aromatic nitrogens is 2. The summed E-state index contributed by atoms with van der Waals surface area (Å²) >= 11 is 6.29. The molecule has 0 N–H and O–H groups in total. The summed E-state index contributed by atoms with van der Waals surface area (Å²) in [5.41, 5.74) is 2.50. The van der Waals surface area contributed by atoms with E-state index in [0.29, 0.717) is 23.4 Å². The summed E-state index contributed by atoms with van der Waals surface area (Å²) in [6.07, 6.45) is 0. The number of aryl methyl sites for hydroxylation is 2. The van der Waals surface area contributed by atoms with Crippen molar-refractivity contribution in [3.8, 4) is 0 Å². The van der Waals surface area contributed by atoms with E-state index in [1.54, 1.807) is 17.8 Å². The second-order valence-electron chi connectivity index (χ2n) is 8.42. The highest BCUT2D eigenvalue weighted by molar-refractivity contribution is 6.31. The molecular weight excluding hydrogens is 416 g/mol. The van der Waals surface area contributed by atoms with Crippen molar-refractivity contribution in [3.63, 3.8) is 0 Å². The van der Waals surface area contributed by atoms with Crippen LogP contribution in [-0.2, 0) is 11.3 Å². The van der Waals surface area contributed by atoms with E-state index < -0.39 is 12.1 Å². The van der Waals surface area contributed by atoms with Gasteiger partial charge in [0.15, 0.2) is 0 Å². The van der Waals surface area contributed by atoms with E-state index in [1.807, 2.05) is 42.7 Å². The van der Waals surface area contributed by atoms with Crippen molar-refractivity contribution >= 4 is 35.3 Å². The van der Waals surface area contributed by atoms with Gasteiger partial charge in [-0.05, 0) is 37.5 Å². The largest absolute Gasteiger partial charge is 0.421 e. The Kier molecular flexibility index (Phi) is 5.43. The van der Waals surface area contributed by atoms with Gasteiger partial charge >= 0.3 is 12.0 Å². The molecule has 1 fully saturated rings. The van der Waals surface area contributed by atoms with Gasteiger partial charge in [0.05, 0.1) is 18.8 Å². The van der Waals surface area contributed by atoms with Crippen molar-refractivity contribution < 1.29 is 14.2 Å². The SMILES string of the molecule is Cc1cc(C)n(C2=[N+](CC(C)C)C3C(=O)N(Cc4ccccc4Cl)C(=O)N(C)C3=N2)n1. The average molecular weight is 442 g/mol. The van der Waals surface area contributed by atoms with E-state index in [2.05, 4.69) is 18.9 Å². The number of urea groups is 1. The van der Waals surface area contributed by atoms with Crippen LogP contribution in [0.5, 0.6) is 0 Å². The maximum Gasteiger partial charge on any atom is 0.421 e. The fourth-order valence-corrected chi connectivity index (χ4v) is 4.22. The molecule has 1 unspecified atom stereocenters. The van der Waals surface area contributed by atoms with E-state index in [4.69, 9.17) is 16.6 Å². The Bertz CT molecular complexity index is 1130. The van der Waals surface area contributed by atoms with Gasteiger partial charge in [-0.2, -0.15) is 0 Å². The van der Waals surface area contributed by atoms with Gasteiger partial charge in [-0.25, -0.2) is 9.37 Å². The minimum Gasteiger partial charge on any atom is -0.270 e. The minimum absolute atomic E-state index is 0.107. The predicted octanol–water partition coefficient (Wildman–Crippen LogP) is 2.90. The molecule has 8 nitrogen and oxygen atoms in total. The number of aliphatic imine (C=N–C) groups is 1. The molecule has 2 aromatic rings. The Morgan fingerprint density at radius 3 is 2.52 bits per heavy atom. The zero-order valence-electron chi connectivity index (χ0n) is 18.3. The zero-order chi connectivity index (χ0) is 22.4. The average Bonchev–Trinajstić information content (AvgIpc) is 3.23. The molecule has 1 atom stereocenters. The topological polar surface area (TPSA) is 73.8 Å². The molecule has 3 heterocycles. The van der Waals surface area contributed by atoms with Gasteiger partial charge in [0.1, 0.15) is 5.69 Å². The van der Waals surface area contributed by atoms with E-state index in [9.17, 15) is 9.59 Å². The molecule has 1 saturated heterocycles. The number of hydrogen-bond donors (Lipinski definition) is 0. The summed E-state index contributed by atoms with van der Waals surface area (Å²) in [6, 6.07) is 8.09. The number of amides is 3. The molecule has 3 amide bonds. The summed E-state index contributed by atoms with van der Waals surface area (Å²) in [5.74, 6) is 0.953. The molecular formula is C22H26ClN6O2+. The quantitative estimate of drug-likeness (QED) is 0.685. The highest BCUT2D eigenvalue weighted by Gasteiger charge is 2.53. The van der Waals surface area contributed by atoms with Gasteiger partial charge in [0, 0.05) is 12.1 Å². The first kappa shape index (κ1) is 21.2. The molecule has 0 bridgehead atoms. The van der Waals surface area contributed by atoms with E-state index in [0.717, 1.165) is 17.0 Å². The van der Waals surface area contributed by atoms with Crippen molar-refractivity contribution in [2.24, 2.45) is 10.9 Å². The smallest absolute Gasteiger partial charge is 0.270 e. The molecule has 0 radical (unpaired) electrons. The van der Waals surface area contributed by atoms with Crippen LogP contribution >= 0.6 is 11.6 Å². The van der Waals surface area contributed by atoms with Gasteiger partial charge < -0.3 is 0 Å². The number of nitrogens with zero attached hydrogens (tertiary/aromatic N) is 6. The van der Waals surface area contributed by atoms with Crippen molar-refractivity contribution in [2.75, 3.05) is 13.6 Å². The summed E-state index contributed by atoms with van der Waals surface area (Å²) < 4.78 is 3.69. The Balaban J connectivity index is 1.79. The lowest BCUT2D eigenvalue weighted by Crippen LogP contribution is -2.62. The maximum absolute atomic E-state index is 13.6. The van der Waals surface area contributed by atoms with Crippen molar-refractivity contribution in [3.05, 3.63) is 52.3 Å². The summed E-state index contributed by atoms with van der Waals surface area (Å²) in [7, 11) is 1.65. The van der Waals surface area contributed by atoms with E-state index in [1.165, 1.54) is 9.80 Å². The number of amidine groups is 1. The lowest BCUT2D eigenvalue weighted by Gasteiger charge is -2.34. The number of hydrogen-bond acceptors (Lipinski definition) is 4. The standard InChI is InChI=1S/C22H26ClN6O2/c1-13(2)11-27-18-19(24-21(27)29-15(4)10-14(3)25-29)26(5)22(31)28(20(18)30)12-16-8-6-7-9-17(16)23/h6-10,13,18H,11-12H2,1-5H3/q+1. The maximum atomic E-state index is 13.6. The normalized spacial score (nSPS) is 18.9. The second kappa shape index (κ2) is 7.92. The van der Waals surface area contributed by atoms with Crippen LogP contribution in [0.4, 0.5) is 4.79 Å². The van der Waals surface area contributed by atoms with Crippen LogP contribution in [0, 0.1) is 19.8 Å². The van der Waals surface area contributed by atoms with Crippen molar-refractivity contribution in [1.82, 2.24) is 19.6 Å². The fourth-order valence-electron chi connectivity index (χ4n) is 4.03. The third-order valence-corrected chi connectivity index (χ3v) is 5.81. The molecule has 162 valence electrons. The number of fused-ring (bicyclic) bond motifs is 1. The first-order chi connectivity index (χ1) is 14.7. The second-order valence-corrected chi connectivity index (χ2v) is 8.82. The number of benzene rings is 1. The molecule has 4 rings (SSSR count). The molecule has 0 saturated carbocycles.